The van der Waals surface area contributed by atoms with E-state index in [1.165, 1.54) is 45.2 Å². The van der Waals surface area contributed by atoms with Gasteiger partial charge in [-0.3, -0.25) is 4.79 Å². The summed E-state index contributed by atoms with van der Waals surface area (Å²) in [7, 11) is 1.34. The maximum atomic E-state index is 13.1. The Morgan fingerprint density at radius 1 is 0.679 bits per heavy atom. The van der Waals surface area contributed by atoms with Gasteiger partial charge in [-0.2, -0.15) is 0 Å². The van der Waals surface area contributed by atoms with Crippen LogP contribution in [0.15, 0.2) is 45.6 Å². The van der Waals surface area contributed by atoms with Gasteiger partial charge >= 0.3 is 0 Å². The number of aliphatic hydroxyl groups excluding tert-OH is 8. The van der Waals surface area contributed by atoms with E-state index in [-0.39, 0.29) is 34.0 Å². The van der Waals surface area contributed by atoms with Gasteiger partial charge in [0.25, 0.3) is 0 Å². The molecule has 3 aliphatic rings. The number of methoxy groups -OCH3 is 1. The number of rotatable bonds is 9. The zero-order valence-electron chi connectivity index (χ0n) is 28.5. The Bertz CT molecular complexity index is 1800. The Morgan fingerprint density at radius 2 is 1.32 bits per heavy atom. The minimum absolute atomic E-state index is 0.0283. The summed E-state index contributed by atoms with van der Waals surface area (Å²) in [6, 6.07) is 7.60. The van der Waals surface area contributed by atoms with Gasteiger partial charge in [-0.25, -0.2) is 0 Å². The van der Waals surface area contributed by atoms with E-state index in [9.17, 15) is 55.9 Å². The van der Waals surface area contributed by atoms with E-state index in [4.69, 9.17) is 37.6 Å². The van der Waals surface area contributed by atoms with Crippen molar-refractivity contribution in [3.63, 3.8) is 0 Å². The van der Waals surface area contributed by atoms with Crippen LogP contribution in [-0.4, -0.2) is 157 Å². The Hall–Kier alpha value is -3.67. The van der Waals surface area contributed by atoms with Crippen molar-refractivity contribution in [3.8, 4) is 34.3 Å². The average molecular weight is 755 g/mol. The van der Waals surface area contributed by atoms with Crippen LogP contribution >= 0.6 is 0 Å². The standard InChI is InChI=1S/C34H42O19/c1-11-23(38)26(41)29(44)32(48-11)47-10-21-25(40)28(43)31(53-33-30(45)27(42)24(39)12(2)49-33)34(52-21)50-14-7-16(36)22-17(37)9-18(51-20(22)8-14)13-4-5-15(35)19(6-13)46-3/h4-9,11-12,21,23-36,38-45H,10H2,1-3H3/t11-,12-,21+,23-,24-,25+,26+,27+,28-,29+,30+,31+,32?,33?,34?/m0/s1. The lowest BCUT2D eigenvalue weighted by Crippen LogP contribution is -2.65. The molecule has 19 heteroatoms. The number of hydrogen-bond donors (Lipinski definition) is 10. The lowest BCUT2D eigenvalue weighted by Gasteiger charge is -2.46. The summed E-state index contributed by atoms with van der Waals surface area (Å²) < 4.78 is 45.4. The van der Waals surface area contributed by atoms with Crippen molar-refractivity contribution < 1.29 is 88.6 Å². The number of phenols is 2. The summed E-state index contributed by atoms with van der Waals surface area (Å²) >= 11 is 0. The molecule has 6 rings (SSSR count). The van der Waals surface area contributed by atoms with Crippen molar-refractivity contribution >= 4 is 11.0 Å². The summed E-state index contributed by atoms with van der Waals surface area (Å²) in [5, 5.41) is 105. The highest BCUT2D eigenvalue weighted by molar-refractivity contribution is 5.86. The second-order valence-corrected chi connectivity index (χ2v) is 13.1. The highest BCUT2D eigenvalue weighted by Crippen LogP contribution is 2.37. The van der Waals surface area contributed by atoms with Crippen LogP contribution in [0.4, 0.5) is 0 Å². The van der Waals surface area contributed by atoms with Gasteiger partial charge in [0.15, 0.2) is 35.6 Å². The van der Waals surface area contributed by atoms with Crippen molar-refractivity contribution in [2.75, 3.05) is 13.7 Å². The Labute approximate surface area is 300 Å². The maximum absolute atomic E-state index is 13.1. The normalized spacial score (nSPS) is 37.8. The molecule has 3 aromatic rings. The predicted octanol–water partition coefficient (Wildman–Crippen LogP) is -2.24. The third kappa shape index (κ3) is 7.67. The first-order valence-electron chi connectivity index (χ1n) is 16.6. The number of aliphatic hydroxyl groups is 8. The van der Waals surface area contributed by atoms with Crippen LogP contribution < -0.4 is 14.9 Å². The van der Waals surface area contributed by atoms with Crippen molar-refractivity contribution in [3.05, 3.63) is 46.6 Å². The first-order chi connectivity index (χ1) is 25.1. The molecule has 4 heterocycles. The number of ether oxygens (including phenoxy) is 7. The van der Waals surface area contributed by atoms with Gasteiger partial charge in [0.05, 0.1) is 25.9 Å². The SMILES string of the molecule is COc1cc(-c2cc(=O)c3c(O)cc(OC4O[C@H](COC5O[C@@H](C)[C@H](O)[C@@H](O)[C@H]5O)[C@@H](O)[C@H](O)[C@H]4OC4O[C@@H](C)[C@H](O)[C@@H](O)[C@H]4O)cc3o2)ccc1O. The van der Waals surface area contributed by atoms with Crippen LogP contribution in [0.5, 0.6) is 23.0 Å². The molecule has 0 bridgehead atoms. The molecule has 292 valence electrons. The molecule has 0 saturated carbocycles. The van der Waals surface area contributed by atoms with Gasteiger partial charge < -0.3 is 88.6 Å². The van der Waals surface area contributed by atoms with E-state index < -0.39 is 110 Å². The molecule has 53 heavy (non-hydrogen) atoms. The minimum Gasteiger partial charge on any atom is -0.507 e. The molecule has 1 aromatic heterocycles. The third-order valence-corrected chi connectivity index (χ3v) is 9.48. The van der Waals surface area contributed by atoms with Gasteiger partial charge in [0, 0.05) is 23.8 Å². The molecule has 3 saturated heterocycles. The molecule has 0 radical (unpaired) electrons. The minimum atomic E-state index is -1.90. The zero-order chi connectivity index (χ0) is 38.5. The van der Waals surface area contributed by atoms with Gasteiger partial charge in [0.1, 0.15) is 83.2 Å². The highest BCUT2D eigenvalue weighted by Gasteiger charge is 2.52. The van der Waals surface area contributed by atoms with Crippen LogP contribution in [0, 0.1) is 0 Å². The molecule has 15 atom stereocenters. The topological polar surface area (TPSA) is 297 Å². The van der Waals surface area contributed by atoms with Crippen LogP contribution in [0.2, 0.25) is 0 Å². The Kier molecular flexibility index (Phi) is 11.5. The van der Waals surface area contributed by atoms with E-state index in [1.54, 1.807) is 0 Å². The fraction of sp³-hybridized carbons (Fsp3) is 0.559. The van der Waals surface area contributed by atoms with Crippen LogP contribution in [0.3, 0.4) is 0 Å². The van der Waals surface area contributed by atoms with Gasteiger partial charge in [-0.1, -0.05) is 0 Å². The second kappa shape index (κ2) is 15.6. The van der Waals surface area contributed by atoms with E-state index in [0.717, 1.165) is 12.1 Å². The number of hydrogen-bond acceptors (Lipinski definition) is 19. The number of aromatic hydroxyl groups is 2. The van der Waals surface area contributed by atoms with Crippen LogP contribution in [0.25, 0.3) is 22.3 Å². The third-order valence-electron chi connectivity index (χ3n) is 9.48. The molecule has 0 amide bonds. The zero-order valence-corrected chi connectivity index (χ0v) is 28.5. The van der Waals surface area contributed by atoms with Gasteiger partial charge in [0.2, 0.25) is 6.29 Å². The van der Waals surface area contributed by atoms with Crippen molar-refractivity contribution in [2.45, 2.75) is 106 Å². The largest absolute Gasteiger partial charge is 0.507 e. The first kappa shape index (κ1) is 39.0. The molecular formula is C34H42O19. The van der Waals surface area contributed by atoms with Gasteiger partial charge in [-0.05, 0) is 32.0 Å². The fourth-order valence-electron chi connectivity index (χ4n) is 6.32. The molecule has 2 aromatic carbocycles. The smallest absolute Gasteiger partial charge is 0.229 e. The monoisotopic (exact) mass is 754 g/mol. The fourth-order valence-corrected chi connectivity index (χ4v) is 6.32. The summed E-state index contributed by atoms with van der Waals surface area (Å²) in [6.07, 6.45) is -23.6. The average Bonchev–Trinajstić information content (AvgIpc) is 3.12. The molecule has 3 aliphatic heterocycles. The van der Waals surface area contributed by atoms with Crippen LogP contribution in [-0.2, 0) is 23.7 Å². The quantitative estimate of drug-likeness (QED) is 0.110. The number of benzene rings is 2. The first-order valence-corrected chi connectivity index (χ1v) is 16.6. The molecule has 0 aliphatic carbocycles. The van der Waals surface area contributed by atoms with E-state index in [2.05, 4.69) is 0 Å². The molecule has 3 fully saturated rings. The Balaban J connectivity index is 1.31. The van der Waals surface area contributed by atoms with E-state index >= 15 is 0 Å². The summed E-state index contributed by atoms with van der Waals surface area (Å²) in [5.41, 5.74) is -0.469. The molecular weight excluding hydrogens is 712 g/mol. The molecule has 3 unspecified atom stereocenters. The van der Waals surface area contributed by atoms with Crippen molar-refractivity contribution in [2.24, 2.45) is 0 Å². The van der Waals surface area contributed by atoms with Crippen molar-refractivity contribution in [1.29, 1.82) is 0 Å². The summed E-state index contributed by atoms with van der Waals surface area (Å²) in [4.78, 5) is 13.1. The second-order valence-electron chi connectivity index (χ2n) is 13.1. The Morgan fingerprint density at radius 3 is 1.98 bits per heavy atom. The lowest BCUT2D eigenvalue weighted by atomic mass is 9.97. The van der Waals surface area contributed by atoms with Crippen LogP contribution in [0.1, 0.15) is 13.8 Å². The number of phenolic OH excluding ortho intramolecular Hbond substituents is 2. The summed E-state index contributed by atoms with van der Waals surface area (Å²) in [6.45, 7) is 2.23. The van der Waals surface area contributed by atoms with Crippen molar-refractivity contribution in [1.82, 2.24) is 0 Å². The summed E-state index contributed by atoms with van der Waals surface area (Å²) in [5.74, 6) is -0.828. The van der Waals surface area contributed by atoms with Gasteiger partial charge in [-0.15, -0.1) is 0 Å². The van der Waals surface area contributed by atoms with E-state index in [0.29, 0.717) is 5.56 Å². The molecule has 19 nitrogen and oxygen atoms in total. The molecule has 0 spiro atoms. The predicted molar refractivity (Wildman–Crippen MR) is 175 cm³/mol. The number of fused-ring (bicyclic) bond motifs is 1. The lowest BCUT2D eigenvalue weighted by molar-refractivity contribution is -0.360. The highest BCUT2D eigenvalue weighted by atomic mass is 16.8. The van der Waals surface area contributed by atoms with E-state index in [1.807, 2.05) is 0 Å². The molecule has 10 N–H and O–H groups in total. The maximum Gasteiger partial charge on any atom is 0.229 e.